The molecule has 0 amide bonds. The lowest BCUT2D eigenvalue weighted by Crippen LogP contribution is -2.51. The zero-order valence-electron chi connectivity index (χ0n) is 9.34. The van der Waals surface area contributed by atoms with Gasteiger partial charge in [-0.25, -0.2) is 12.8 Å². The van der Waals surface area contributed by atoms with Gasteiger partial charge in [0.15, 0.2) is 9.84 Å². The molecule has 5 nitrogen and oxygen atoms in total. The minimum Gasteiger partial charge on any atom is -0.480 e. The van der Waals surface area contributed by atoms with Crippen LogP contribution in [0, 0.1) is 5.82 Å². The van der Waals surface area contributed by atoms with E-state index in [1.807, 2.05) is 0 Å². The molecule has 2 unspecified atom stereocenters. The van der Waals surface area contributed by atoms with Gasteiger partial charge < -0.3 is 5.11 Å². The third-order valence-electron chi connectivity index (χ3n) is 2.82. The fourth-order valence-corrected chi connectivity index (χ4v) is 3.66. The smallest absolute Gasteiger partial charge is 0.321 e. The summed E-state index contributed by atoms with van der Waals surface area (Å²) in [5.74, 6) is -2.55. The summed E-state index contributed by atoms with van der Waals surface area (Å²) in [6.45, 7) is 0. The number of benzene rings is 1. The molecule has 1 heterocycles. The van der Waals surface area contributed by atoms with Crippen LogP contribution in [-0.4, -0.2) is 37.0 Å². The first-order chi connectivity index (χ1) is 8.39. The van der Waals surface area contributed by atoms with Crippen LogP contribution in [-0.2, 0) is 14.6 Å². The molecule has 98 valence electrons. The molecule has 1 aliphatic heterocycles. The summed E-state index contributed by atoms with van der Waals surface area (Å²) in [6.07, 6.45) is 0. The second-order valence-corrected chi connectivity index (χ2v) is 6.36. The van der Waals surface area contributed by atoms with Gasteiger partial charge in [0, 0.05) is 11.6 Å². The molecule has 2 atom stereocenters. The first-order valence-corrected chi connectivity index (χ1v) is 7.15. The van der Waals surface area contributed by atoms with E-state index in [0.29, 0.717) is 0 Å². The summed E-state index contributed by atoms with van der Waals surface area (Å²) in [4.78, 5) is 10.9. The average molecular weight is 273 g/mol. The lowest BCUT2D eigenvalue weighted by molar-refractivity contribution is -0.139. The SMILES string of the molecule is O=C(O)C1CS(=O)(=O)CC(c2ccccc2F)N1. The molecule has 2 N–H and O–H groups in total. The minimum atomic E-state index is -3.50. The van der Waals surface area contributed by atoms with Gasteiger partial charge in [0.2, 0.25) is 0 Å². The van der Waals surface area contributed by atoms with Gasteiger partial charge in [-0.1, -0.05) is 18.2 Å². The van der Waals surface area contributed by atoms with Crippen molar-refractivity contribution in [2.75, 3.05) is 11.5 Å². The minimum absolute atomic E-state index is 0.173. The molecule has 18 heavy (non-hydrogen) atoms. The van der Waals surface area contributed by atoms with E-state index in [4.69, 9.17) is 5.11 Å². The summed E-state index contributed by atoms with van der Waals surface area (Å²) >= 11 is 0. The number of sulfone groups is 1. The number of rotatable bonds is 2. The van der Waals surface area contributed by atoms with Crippen LogP contribution in [0.15, 0.2) is 24.3 Å². The predicted molar refractivity (Wildman–Crippen MR) is 62.4 cm³/mol. The van der Waals surface area contributed by atoms with Crippen molar-refractivity contribution in [2.45, 2.75) is 12.1 Å². The summed E-state index contributed by atoms with van der Waals surface area (Å²) in [7, 11) is -3.50. The topological polar surface area (TPSA) is 83.5 Å². The lowest BCUT2D eigenvalue weighted by atomic mass is 10.1. The van der Waals surface area contributed by atoms with Gasteiger partial charge in [-0.15, -0.1) is 0 Å². The van der Waals surface area contributed by atoms with E-state index in [1.54, 1.807) is 6.07 Å². The van der Waals surface area contributed by atoms with Gasteiger partial charge >= 0.3 is 5.97 Å². The van der Waals surface area contributed by atoms with Gasteiger partial charge in [0.25, 0.3) is 0 Å². The Balaban J connectivity index is 2.34. The van der Waals surface area contributed by atoms with E-state index in [0.717, 1.165) is 0 Å². The summed E-state index contributed by atoms with van der Waals surface area (Å²) < 4.78 is 36.8. The molecule has 0 saturated carbocycles. The maximum atomic E-state index is 13.6. The van der Waals surface area contributed by atoms with Crippen molar-refractivity contribution >= 4 is 15.8 Å². The molecule has 1 aromatic carbocycles. The van der Waals surface area contributed by atoms with E-state index < -0.39 is 39.5 Å². The first-order valence-electron chi connectivity index (χ1n) is 5.33. The zero-order valence-corrected chi connectivity index (χ0v) is 10.2. The normalized spacial score (nSPS) is 26.7. The molecule has 0 bridgehead atoms. The number of hydrogen-bond acceptors (Lipinski definition) is 4. The largest absolute Gasteiger partial charge is 0.480 e. The molecule has 0 aliphatic carbocycles. The Bertz CT molecular complexity index is 572. The van der Waals surface area contributed by atoms with Crippen molar-refractivity contribution in [1.29, 1.82) is 0 Å². The molecule has 0 radical (unpaired) electrons. The summed E-state index contributed by atoms with van der Waals surface area (Å²) in [5, 5.41) is 11.5. The number of halogens is 1. The van der Waals surface area contributed by atoms with Crippen LogP contribution in [0.25, 0.3) is 0 Å². The van der Waals surface area contributed by atoms with E-state index >= 15 is 0 Å². The van der Waals surface area contributed by atoms with Crippen LogP contribution in [0.3, 0.4) is 0 Å². The third-order valence-corrected chi connectivity index (χ3v) is 4.50. The Morgan fingerprint density at radius 3 is 2.61 bits per heavy atom. The van der Waals surface area contributed by atoms with Gasteiger partial charge in [0.05, 0.1) is 11.5 Å². The maximum absolute atomic E-state index is 13.6. The second-order valence-electron chi connectivity index (χ2n) is 4.21. The van der Waals surface area contributed by atoms with Crippen LogP contribution >= 0.6 is 0 Å². The van der Waals surface area contributed by atoms with Gasteiger partial charge in [-0.2, -0.15) is 0 Å². The van der Waals surface area contributed by atoms with E-state index in [-0.39, 0.29) is 11.3 Å². The standard InChI is InChI=1S/C11H12FNO4S/c12-8-4-2-1-3-7(8)9-5-18(16,17)6-10(13-9)11(14)15/h1-4,9-10,13H,5-6H2,(H,14,15). The molecule has 1 fully saturated rings. The quantitative estimate of drug-likeness (QED) is 0.811. The van der Waals surface area contributed by atoms with E-state index in [1.165, 1.54) is 18.2 Å². The van der Waals surface area contributed by atoms with Crippen LogP contribution in [0.2, 0.25) is 0 Å². The molecule has 7 heteroatoms. The Kier molecular flexibility index (Phi) is 3.36. The molecule has 1 aromatic rings. The van der Waals surface area contributed by atoms with Crippen molar-refractivity contribution < 1.29 is 22.7 Å². The fourth-order valence-electron chi connectivity index (χ4n) is 1.99. The number of aliphatic carboxylic acids is 1. The second kappa shape index (κ2) is 4.66. The van der Waals surface area contributed by atoms with Gasteiger partial charge in [-0.05, 0) is 6.07 Å². The monoisotopic (exact) mass is 273 g/mol. The Hall–Kier alpha value is -1.47. The molecule has 0 spiro atoms. The molecular formula is C11H12FNO4S. The predicted octanol–water partition coefficient (Wildman–Crippen LogP) is 0.338. The third kappa shape index (κ3) is 2.68. The number of nitrogens with one attached hydrogen (secondary N) is 1. The van der Waals surface area contributed by atoms with Crippen LogP contribution in [0.5, 0.6) is 0 Å². The number of hydrogen-bond donors (Lipinski definition) is 2. The highest BCUT2D eigenvalue weighted by atomic mass is 32.2. The number of carboxylic acid groups (broad SMARTS) is 1. The number of carbonyl (C=O) groups is 1. The highest BCUT2D eigenvalue weighted by Gasteiger charge is 2.36. The van der Waals surface area contributed by atoms with Crippen molar-refractivity contribution in [2.24, 2.45) is 0 Å². The first kappa shape index (κ1) is 13.0. The molecular weight excluding hydrogens is 261 g/mol. The van der Waals surface area contributed by atoms with Crippen molar-refractivity contribution in [3.63, 3.8) is 0 Å². The number of carboxylic acids is 1. The van der Waals surface area contributed by atoms with Crippen LogP contribution in [0.4, 0.5) is 4.39 Å². The average Bonchev–Trinajstić information content (AvgIpc) is 2.27. The van der Waals surface area contributed by atoms with Gasteiger partial charge in [-0.3, -0.25) is 10.1 Å². The molecule has 0 aromatic heterocycles. The van der Waals surface area contributed by atoms with Crippen molar-refractivity contribution in [1.82, 2.24) is 5.32 Å². The Morgan fingerprint density at radius 2 is 2.00 bits per heavy atom. The van der Waals surface area contributed by atoms with Crippen LogP contribution < -0.4 is 5.32 Å². The lowest BCUT2D eigenvalue weighted by Gasteiger charge is -2.28. The van der Waals surface area contributed by atoms with Crippen molar-refractivity contribution in [3.8, 4) is 0 Å². The highest BCUT2D eigenvalue weighted by molar-refractivity contribution is 7.91. The van der Waals surface area contributed by atoms with Crippen molar-refractivity contribution in [3.05, 3.63) is 35.6 Å². The molecule has 2 rings (SSSR count). The molecule has 1 aliphatic rings. The van der Waals surface area contributed by atoms with E-state index in [2.05, 4.69) is 5.32 Å². The van der Waals surface area contributed by atoms with E-state index in [9.17, 15) is 17.6 Å². The zero-order chi connectivity index (χ0) is 13.3. The summed E-state index contributed by atoms with van der Waals surface area (Å²) in [5.41, 5.74) is 0.173. The molecule has 1 saturated heterocycles. The Labute approximate surface area is 104 Å². The van der Waals surface area contributed by atoms with Gasteiger partial charge in [0.1, 0.15) is 11.9 Å². The van der Waals surface area contributed by atoms with Crippen LogP contribution in [0.1, 0.15) is 11.6 Å². The highest BCUT2D eigenvalue weighted by Crippen LogP contribution is 2.23. The Morgan fingerprint density at radius 1 is 1.33 bits per heavy atom. The maximum Gasteiger partial charge on any atom is 0.321 e. The summed E-state index contributed by atoms with van der Waals surface area (Å²) in [6, 6.07) is 3.71. The fraction of sp³-hybridized carbons (Fsp3) is 0.364.